The normalized spacial score (nSPS) is 10.5. The number of rotatable bonds is 5. The van der Waals surface area contributed by atoms with Crippen molar-refractivity contribution in [3.05, 3.63) is 23.8 Å². The maximum Gasteiger partial charge on any atom is 0.258 e. The molecule has 0 aromatic heterocycles. The van der Waals surface area contributed by atoms with Crippen molar-refractivity contribution in [3.63, 3.8) is 0 Å². The topological polar surface area (TPSA) is 75.8 Å². The Kier molecular flexibility index (Phi) is 4.97. The Bertz CT molecular complexity index is 419. The number of nitrogens with zero attached hydrogens (tertiary/aromatic N) is 1. The molecule has 0 unspecified atom stereocenters. The van der Waals surface area contributed by atoms with E-state index >= 15 is 0 Å². The van der Waals surface area contributed by atoms with Crippen molar-refractivity contribution >= 4 is 5.91 Å². The molecule has 18 heavy (non-hydrogen) atoms. The van der Waals surface area contributed by atoms with Gasteiger partial charge in [-0.15, -0.1) is 0 Å². The molecule has 100 valence electrons. The maximum atomic E-state index is 12.3. The summed E-state index contributed by atoms with van der Waals surface area (Å²) in [7, 11) is 1.51. The number of carbonyl (C=O) groups is 1. The third-order valence-electron chi connectivity index (χ3n) is 2.69. The Morgan fingerprint density at radius 3 is 2.67 bits per heavy atom. The van der Waals surface area contributed by atoms with Gasteiger partial charge in [-0.25, -0.2) is 0 Å². The quantitative estimate of drug-likeness (QED) is 0.826. The van der Waals surface area contributed by atoms with E-state index in [0.717, 1.165) is 0 Å². The summed E-state index contributed by atoms with van der Waals surface area (Å²) >= 11 is 0. The average molecular weight is 252 g/mol. The maximum absolute atomic E-state index is 12.3. The first-order valence-electron chi connectivity index (χ1n) is 5.89. The lowest BCUT2D eigenvalue weighted by molar-refractivity contribution is 0.0708. The summed E-state index contributed by atoms with van der Waals surface area (Å²) in [5.74, 6) is 0.239. The van der Waals surface area contributed by atoms with Gasteiger partial charge in [-0.05, 0) is 32.0 Å². The zero-order chi connectivity index (χ0) is 13.7. The summed E-state index contributed by atoms with van der Waals surface area (Å²) in [4.78, 5) is 13.9. The minimum atomic E-state index is -0.244. The first-order valence-corrected chi connectivity index (χ1v) is 5.89. The van der Waals surface area contributed by atoms with Crippen LogP contribution < -0.4 is 10.5 Å². The first-order chi connectivity index (χ1) is 8.51. The second-order valence-electron chi connectivity index (χ2n) is 4.26. The smallest absolute Gasteiger partial charge is 0.258 e. The van der Waals surface area contributed by atoms with Crippen LogP contribution in [0, 0.1) is 0 Å². The highest BCUT2D eigenvalue weighted by Gasteiger charge is 2.21. The van der Waals surface area contributed by atoms with Crippen LogP contribution in [0.4, 0.5) is 0 Å². The van der Waals surface area contributed by atoms with Gasteiger partial charge in [-0.2, -0.15) is 0 Å². The summed E-state index contributed by atoms with van der Waals surface area (Å²) in [5.41, 5.74) is 5.73. The van der Waals surface area contributed by atoms with Crippen molar-refractivity contribution in [2.24, 2.45) is 5.73 Å². The van der Waals surface area contributed by atoms with E-state index in [1.807, 2.05) is 13.8 Å². The van der Waals surface area contributed by atoms with Crippen molar-refractivity contribution < 1.29 is 14.6 Å². The molecule has 0 atom stereocenters. The fraction of sp³-hybridized carbons (Fsp3) is 0.462. The summed E-state index contributed by atoms with van der Waals surface area (Å²) in [6.45, 7) is 4.65. The Labute approximate surface area is 107 Å². The molecule has 1 amide bonds. The monoisotopic (exact) mass is 252 g/mol. The van der Waals surface area contributed by atoms with Crippen LogP contribution in [0.25, 0.3) is 0 Å². The Morgan fingerprint density at radius 1 is 1.50 bits per heavy atom. The van der Waals surface area contributed by atoms with Crippen LogP contribution in [0.1, 0.15) is 24.2 Å². The predicted octanol–water partition coefficient (Wildman–Crippen LogP) is 1.21. The number of methoxy groups -OCH3 is 1. The summed E-state index contributed by atoms with van der Waals surface area (Å²) in [6, 6.07) is 4.61. The van der Waals surface area contributed by atoms with Gasteiger partial charge in [0.25, 0.3) is 5.91 Å². The molecule has 3 N–H and O–H groups in total. The van der Waals surface area contributed by atoms with Crippen molar-refractivity contribution in [1.82, 2.24) is 4.90 Å². The molecule has 0 heterocycles. The average Bonchev–Trinajstić information content (AvgIpc) is 2.35. The second-order valence-corrected chi connectivity index (χ2v) is 4.26. The number of hydrogen-bond donors (Lipinski definition) is 2. The molecule has 0 radical (unpaired) electrons. The Hall–Kier alpha value is -1.75. The number of nitrogens with two attached hydrogens (primary N) is 1. The van der Waals surface area contributed by atoms with E-state index in [1.54, 1.807) is 11.0 Å². The van der Waals surface area contributed by atoms with Crippen molar-refractivity contribution in [1.29, 1.82) is 0 Å². The number of benzene rings is 1. The standard InChI is InChI=1S/C13H20N2O3/c1-9(2)15(7-6-14)13(17)11-8-10(18-3)4-5-12(11)16/h4-5,8-9,16H,6-7,14H2,1-3H3. The fourth-order valence-electron chi connectivity index (χ4n) is 1.70. The highest BCUT2D eigenvalue weighted by molar-refractivity contribution is 5.97. The second kappa shape index (κ2) is 6.26. The molecule has 0 bridgehead atoms. The lowest BCUT2D eigenvalue weighted by Crippen LogP contribution is -2.40. The molecule has 0 aliphatic carbocycles. The van der Waals surface area contributed by atoms with Gasteiger partial charge in [0, 0.05) is 19.1 Å². The Morgan fingerprint density at radius 2 is 2.17 bits per heavy atom. The van der Waals surface area contributed by atoms with Crippen LogP contribution in [0.5, 0.6) is 11.5 Å². The van der Waals surface area contributed by atoms with E-state index in [9.17, 15) is 9.90 Å². The van der Waals surface area contributed by atoms with Gasteiger partial charge in [0.1, 0.15) is 11.5 Å². The summed E-state index contributed by atoms with van der Waals surface area (Å²) in [5, 5.41) is 9.77. The van der Waals surface area contributed by atoms with Gasteiger partial charge < -0.3 is 20.5 Å². The molecule has 1 aromatic carbocycles. The van der Waals surface area contributed by atoms with Gasteiger partial charge in [0.2, 0.25) is 0 Å². The number of phenols is 1. The van der Waals surface area contributed by atoms with Crippen molar-refractivity contribution in [3.8, 4) is 11.5 Å². The highest BCUT2D eigenvalue weighted by atomic mass is 16.5. The van der Waals surface area contributed by atoms with Gasteiger partial charge in [-0.3, -0.25) is 4.79 Å². The van der Waals surface area contributed by atoms with Gasteiger partial charge in [-0.1, -0.05) is 0 Å². The third kappa shape index (κ3) is 3.13. The van der Waals surface area contributed by atoms with E-state index in [-0.39, 0.29) is 23.3 Å². The van der Waals surface area contributed by atoms with Crippen LogP contribution in [-0.2, 0) is 0 Å². The SMILES string of the molecule is COc1ccc(O)c(C(=O)N(CCN)C(C)C)c1. The number of phenolic OH excluding ortho intramolecular Hbond substituents is 1. The molecule has 5 heteroatoms. The minimum Gasteiger partial charge on any atom is -0.507 e. The van der Waals surface area contributed by atoms with Crippen LogP contribution >= 0.6 is 0 Å². The highest BCUT2D eigenvalue weighted by Crippen LogP contribution is 2.24. The number of amides is 1. The molecule has 0 saturated carbocycles. The van der Waals surface area contributed by atoms with Crippen LogP contribution in [0.15, 0.2) is 18.2 Å². The van der Waals surface area contributed by atoms with Crippen LogP contribution in [-0.4, -0.2) is 42.2 Å². The summed E-state index contributed by atoms with van der Waals surface area (Å²) < 4.78 is 5.05. The molecule has 0 fully saturated rings. The number of hydrogen-bond acceptors (Lipinski definition) is 4. The Balaban J connectivity index is 3.07. The summed E-state index contributed by atoms with van der Waals surface area (Å²) in [6.07, 6.45) is 0. The van der Waals surface area contributed by atoms with E-state index in [2.05, 4.69) is 0 Å². The number of ether oxygens (including phenoxy) is 1. The number of carbonyl (C=O) groups excluding carboxylic acids is 1. The molecule has 0 aliphatic rings. The van der Waals surface area contributed by atoms with E-state index < -0.39 is 0 Å². The fourth-order valence-corrected chi connectivity index (χ4v) is 1.70. The molecule has 0 spiro atoms. The molecular weight excluding hydrogens is 232 g/mol. The molecule has 0 saturated heterocycles. The zero-order valence-electron chi connectivity index (χ0n) is 11.0. The minimum absolute atomic E-state index is 0.0200. The van der Waals surface area contributed by atoms with Crippen molar-refractivity contribution in [2.75, 3.05) is 20.2 Å². The van der Waals surface area contributed by atoms with Gasteiger partial charge in [0.05, 0.1) is 12.7 Å². The first kappa shape index (κ1) is 14.3. The molecule has 0 aliphatic heterocycles. The van der Waals surface area contributed by atoms with Gasteiger partial charge in [0.15, 0.2) is 0 Å². The lowest BCUT2D eigenvalue weighted by atomic mass is 10.1. The molecule has 5 nitrogen and oxygen atoms in total. The van der Waals surface area contributed by atoms with Crippen LogP contribution in [0.3, 0.4) is 0 Å². The van der Waals surface area contributed by atoms with Gasteiger partial charge >= 0.3 is 0 Å². The van der Waals surface area contributed by atoms with Crippen molar-refractivity contribution in [2.45, 2.75) is 19.9 Å². The van der Waals surface area contributed by atoms with E-state index in [0.29, 0.717) is 18.8 Å². The molecular formula is C13H20N2O3. The molecule has 1 aromatic rings. The largest absolute Gasteiger partial charge is 0.507 e. The third-order valence-corrected chi connectivity index (χ3v) is 2.69. The van der Waals surface area contributed by atoms with E-state index in [1.165, 1.54) is 19.2 Å². The lowest BCUT2D eigenvalue weighted by Gasteiger charge is -2.26. The zero-order valence-corrected chi connectivity index (χ0v) is 11.0. The number of aromatic hydroxyl groups is 1. The molecule has 1 rings (SSSR count). The van der Waals surface area contributed by atoms with E-state index in [4.69, 9.17) is 10.5 Å². The predicted molar refractivity (Wildman–Crippen MR) is 69.9 cm³/mol. The van der Waals surface area contributed by atoms with Crippen LogP contribution in [0.2, 0.25) is 0 Å².